The van der Waals surface area contributed by atoms with Gasteiger partial charge in [-0.15, -0.1) is 0 Å². The smallest absolute Gasteiger partial charge is 0.219 e. The zero-order chi connectivity index (χ0) is 26.3. The van der Waals surface area contributed by atoms with E-state index >= 15 is 0 Å². The van der Waals surface area contributed by atoms with Crippen molar-refractivity contribution >= 4 is 24.7 Å². The molecule has 1 aromatic carbocycles. The van der Waals surface area contributed by atoms with Crippen LogP contribution in [-0.2, 0) is 29.7 Å². The van der Waals surface area contributed by atoms with Crippen LogP contribution in [0.25, 0.3) is 0 Å². The van der Waals surface area contributed by atoms with Crippen LogP contribution in [0, 0.1) is 11.8 Å². The van der Waals surface area contributed by atoms with Crippen molar-refractivity contribution in [2.45, 2.75) is 82.7 Å². The molecule has 2 fully saturated rings. The SMILES string of the molecule is [3H]PO[C@H]1C[C@@H](OP[3H])[C@H](CCC2(CCc3ccccc3)OCCO2)[C@H]1CC=CCCCC(=O)NCC. The van der Waals surface area contributed by atoms with E-state index < -0.39 is 5.79 Å². The molecule has 6 atom stereocenters. The average Bonchev–Trinajstić information content (AvgIpc) is 3.50. The highest BCUT2D eigenvalue weighted by Crippen LogP contribution is 2.44. The fourth-order valence-electron chi connectivity index (χ4n) is 5.44. The largest absolute Gasteiger partial charge is 0.362 e. The number of rotatable bonds is 17. The zero-order valence-corrected chi connectivity index (χ0v) is 22.9. The Morgan fingerprint density at radius 2 is 1.89 bits per heavy atom. The number of hydrogen-bond acceptors (Lipinski definition) is 5. The lowest BCUT2D eigenvalue weighted by Gasteiger charge is -2.31. The molecule has 1 heterocycles. The first-order valence-corrected chi connectivity index (χ1v) is 13.8. The normalized spacial score (nSPS) is 27.3. The topological polar surface area (TPSA) is 66.0 Å². The third-order valence-corrected chi connectivity index (χ3v) is 7.91. The van der Waals surface area contributed by atoms with E-state index in [1.807, 2.05) is 13.0 Å². The molecule has 1 saturated carbocycles. The van der Waals surface area contributed by atoms with E-state index in [2.05, 4.69) is 41.7 Å². The van der Waals surface area contributed by atoms with Gasteiger partial charge in [-0.2, -0.15) is 0 Å². The number of aryl methyl sites for hydroxylation is 1. The van der Waals surface area contributed by atoms with E-state index in [4.69, 9.17) is 21.1 Å². The molecule has 1 saturated heterocycles. The summed E-state index contributed by atoms with van der Waals surface area (Å²) in [4.78, 5) is 11.7. The van der Waals surface area contributed by atoms with E-state index in [1.165, 1.54) is 5.56 Å². The minimum absolute atomic E-state index is 0.0483. The van der Waals surface area contributed by atoms with Crippen molar-refractivity contribution < 1.29 is 23.3 Å². The summed E-state index contributed by atoms with van der Waals surface area (Å²) in [5.74, 6) is -0.0587. The molecule has 1 aromatic rings. The van der Waals surface area contributed by atoms with Crippen LogP contribution in [0.5, 0.6) is 0 Å². The predicted octanol–water partition coefficient (Wildman–Crippen LogP) is 5.38. The van der Waals surface area contributed by atoms with Crippen LogP contribution in [0.15, 0.2) is 42.5 Å². The monoisotopic (exact) mass is 527 g/mol. The van der Waals surface area contributed by atoms with Gasteiger partial charge in [0, 0.05) is 51.1 Å². The molecule has 8 heteroatoms. The molecule has 1 N–H and O–H groups in total. The molecule has 1 aliphatic carbocycles. The number of hydrogen-bond donors (Lipinski definition) is 1. The highest BCUT2D eigenvalue weighted by molar-refractivity contribution is 7.10. The van der Waals surface area contributed by atoms with Gasteiger partial charge in [-0.1, -0.05) is 42.5 Å². The molecule has 0 aromatic heterocycles. The zero-order valence-electron chi connectivity index (χ0n) is 22.9. The second-order valence-corrected chi connectivity index (χ2v) is 10.0. The molecule has 1 amide bonds. The van der Waals surface area contributed by atoms with Crippen molar-refractivity contribution in [3.63, 3.8) is 0 Å². The Kier molecular flexibility index (Phi) is 11.3. The molecule has 2 aliphatic rings. The van der Waals surface area contributed by atoms with Gasteiger partial charge in [0.2, 0.25) is 5.91 Å². The Hall–Kier alpha value is -0.870. The van der Waals surface area contributed by atoms with Crippen molar-refractivity contribution in [2.75, 3.05) is 19.8 Å². The van der Waals surface area contributed by atoms with Crippen molar-refractivity contribution in [1.29, 1.82) is 2.56 Å². The Morgan fingerprint density at radius 1 is 1.14 bits per heavy atom. The highest BCUT2D eigenvalue weighted by atomic mass is 31.0. The lowest BCUT2D eigenvalue weighted by atomic mass is 9.85. The van der Waals surface area contributed by atoms with Crippen LogP contribution < -0.4 is 5.32 Å². The van der Waals surface area contributed by atoms with Gasteiger partial charge in [0.05, 0.1) is 28.0 Å². The minimum Gasteiger partial charge on any atom is -0.362 e. The maximum atomic E-state index is 11.7. The number of carbonyl (C=O) groups is 1. The number of nitrogens with one attached hydrogen (secondary N) is 1. The summed E-state index contributed by atoms with van der Waals surface area (Å²) in [7, 11) is -0.646. The third-order valence-electron chi connectivity index (χ3n) is 7.31. The van der Waals surface area contributed by atoms with E-state index in [-0.39, 0.29) is 48.8 Å². The van der Waals surface area contributed by atoms with Crippen LogP contribution in [0.2, 0.25) is 0 Å². The molecular formula is C27H43NO5P2. The van der Waals surface area contributed by atoms with Crippen LogP contribution in [0.1, 0.15) is 63.9 Å². The maximum Gasteiger partial charge on any atom is 0.219 e. The Balaban J connectivity index is 1.61. The van der Waals surface area contributed by atoms with Gasteiger partial charge >= 0.3 is 0 Å². The van der Waals surface area contributed by atoms with E-state index in [0.29, 0.717) is 26.2 Å². The van der Waals surface area contributed by atoms with Gasteiger partial charge < -0.3 is 23.8 Å². The fourth-order valence-corrected chi connectivity index (χ4v) is 5.98. The summed E-state index contributed by atoms with van der Waals surface area (Å²) in [6.45, 7) is 3.82. The van der Waals surface area contributed by atoms with Gasteiger partial charge in [-0.25, -0.2) is 0 Å². The quantitative estimate of drug-likeness (QED) is 0.167. The number of amides is 1. The van der Waals surface area contributed by atoms with Crippen LogP contribution in [0.3, 0.4) is 0 Å². The summed E-state index contributed by atoms with van der Waals surface area (Å²) < 4.78 is 39.5. The van der Waals surface area contributed by atoms with Gasteiger partial charge in [-0.3, -0.25) is 4.79 Å². The molecule has 6 nitrogen and oxygen atoms in total. The van der Waals surface area contributed by atoms with E-state index in [0.717, 1.165) is 51.4 Å². The first kappa shape index (κ1) is 25.8. The highest BCUT2D eigenvalue weighted by Gasteiger charge is 2.45. The standard InChI is InChI=1S/C27H43NO5P2/c1-2-28-26(29)13-9-4-3-8-12-22-23(25(33-35)20-24(22)32-34)15-17-27(30-18-19-31-27)16-14-21-10-6-5-7-11-21/h3,5-8,10-11,22-25H,2,4,9,12-20,34-35H2,1H3,(H,28,29)/t22-,23-,24+,25-/m1/s1/i34T,35T/t22-,23-,24+,25-,34?,35?. The second kappa shape index (κ2) is 15.4. The molecule has 196 valence electrons. The van der Waals surface area contributed by atoms with Gasteiger partial charge in [0.15, 0.2) is 5.79 Å². The number of carbonyl (C=O) groups excluding carboxylic acids is 1. The first-order valence-electron chi connectivity index (χ1n) is 14.0. The Labute approximate surface area is 218 Å². The molecule has 0 spiro atoms. The summed E-state index contributed by atoms with van der Waals surface area (Å²) in [5, 5.41) is 2.84. The van der Waals surface area contributed by atoms with Crippen LogP contribution in [0.4, 0.5) is 0 Å². The Bertz CT molecular complexity index is 813. The maximum absolute atomic E-state index is 11.7. The van der Waals surface area contributed by atoms with Crippen molar-refractivity contribution in [3.8, 4) is 0 Å². The third kappa shape index (κ3) is 8.88. The Morgan fingerprint density at radius 3 is 2.60 bits per heavy atom. The number of allylic oxidation sites excluding steroid dienone is 2. The van der Waals surface area contributed by atoms with Gasteiger partial charge in [0.25, 0.3) is 0 Å². The van der Waals surface area contributed by atoms with Gasteiger partial charge in [0.1, 0.15) is 0 Å². The molecule has 2 unspecified atom stereocenters. The molecule has 1 aliphatic heterocycles. The lowest BCUT2D eigenvalue weighted by molar-refractivity contribution is -0.170. The predicted molar refractivity (Wildman–Crippen MR) is 146 cm³/mol. The molecular weight excluding hydrogens is 480 g/mol. The molecule has 0 bridgehead atoms. The summed E-state index contributed by atoms with van der Waals surface area (Å²) in [5.41, 5.74) is 1.28. The number of benzene rings is 1. The number of ether oxygens (including phenoxy) is 2. The second-order valence-electron chi connectivity index (χ2n) is 9.56. The summed E-state index contributed by atoms with van der Waals surface area (Å²) >= 11 is 0. The van der Waals surface area contributed by atoms with E-state index in [9.17, 15) is 4.79 Å². The lowest BCUT2D eigenvalue weighted by Crippen LogP contribution is -2.33. The minimum atomic E-state index is -0.584. The molecule has 3 rings (SSSR count). The fraction of sp³-hybridized carbons (Fsp3) is 0.667. The molecule has 0 radical (unpaired) electrons. The van der Waals surface area contributed by atoms with Gasteiger partial charge in [-0.05, 0) is 56.4 Å². The van der Waals surface area contributed by atoms with Crippen molar-refractivity contribution in [2.24, 2.45) is 11.8 Å². The van der Waals surface area contributed by atoms with Crippen molar-refractivity contribution in [1.82, 2.24) is 5.32 Å². The van der Waals surface area contributed by atoms with Crippen LogP contribution in [-0.4, -0.2) is 46.2 Å². The molecule has 35 heavy (non-hydrogen) atoms. The summed E-state index contributed by atoms with van der Waals surface area (Å²) in [6.07, 6.45) is 11.4. The summed E-state index contributed by atoms with van der Waals surface area (Å²) in [6, 6.07) is 10.4. The average molecular weight is 528 g/mol. The number of unbranched alkanes of at least 4 members (excludes halogenated alkanes) is 1. The van der Waals surface area contributed by atoms with Crippen molar-refractivity contribution in [3.05, 3.63) is 48.0 Å². The first-order chi connectivity index (χ1) is 18.1. The van der Waals surface area contributed by atoms with Crippen LogP contribution >= 0.6 is 18.8 Å². The van der Waals surface area contributed by atoms with E-state index in [1.54, 1.807) is 0 Å².